The first kappa shape index (κ1) is 26.8. The van der Waals surface area contributed by atoms with Gasteiger partial charge in [-0.15, -0.1) is 0 Å². The van der Waals surface area contributed by atoms with Crippen LogP contribution in [0.15, 0.2) is 63.8 Å². The number of anilines is 1. The largest absolute Gasteiger partial charge is 0.473 e. The van der Waals surface area contributed by atoms with Gasteiger partial charge in [0.2, 0.25) is 11.2 Å². The number of carbonyl (C=O) groups excluding carboxylic acids is 1. The fraction of sp³-hybridized carbons (Fsp3) is 0.267. The number of carbonyl (C=O) groups is 1. The van der Waals surface area contributed by atoms with E-state index in [2.05, 4.69) is 26.1 Å². The van der Waals surface area contributed by atoms with Crippen LogP contribution in [-0.2, 0) is 10.2 Å². The van der Waals surface area contributed by atoms with Crippen molar-refractivity contribution in [2.24, 2.45) is 0 Å². The summed E-state index contributed by atoms with van der Waals surface area (Å²) in [5.41, 5.74) is 3.93. The minimum absolute atomic E-state index is 0.0407. The first-order valence-corrected chi connectivity index (χ1v) is 12.7. The molecule has 7 heteroatoms. The molecule has 3 aromatic carbocycles. The van der Waals surface area contributed by atoms with Gasteiger partial charge in [0.05, 0.1) is 5.39 Å². The Morgan fingerprint density at radius 1 is 0.973 bits per heavy atom. The summed E-state index contributed by atoms with van der Waals surface area (Å²) in [4.78, 5) is 26.7. The molecule has 1 N–H and O–H groups in total. The van der Waals surface area contributed by atoms with Gasteiger partial charge < -0.3 is 14.5 Å². The lowest BCUT2D eigenvalue weighted by atomic mass is 9.86. The third kappa shape index (κ3) is 5.68. The number of benzene rings is 3. The number of aryl methyl sites for hydroxylation is 2. The van der Waals surface area contributed by atoms with Crippen molar-refractivity contribution in [2.75, 3.05) is 5.32 Å². The van der Waals surface area contributed by atoms with Crippen LogP contribution in [0.3, 0.4) is 0 Å². The Kier molecular flexibility index (Phi) is 7.40. The molecule has 1 atom stereocenters. The van der Waals surface area contributed by atoms with E-state index >= 15 is 0 Å². The average Bonchev–Trinajstić information content (AvgIpc) is 2.83. The van der Waals surface area contributed by atoms with Crippen molar-refractivity contribution in [1.82, 2.24) is 0 Å². The Morgan fingerprint density at radius 2 is 1.65 bits per heavy atom. The van der Waals surface area contributed by atoms with Crippen LogP contribution in [0, 0.1) is 13.8 Å². The van der Waals surface area contributed by atoms with Crippen molar-refractivity contribution < 1.29 is 13.9 Å². The van der Waals surface area contributed by atoms with Crippen molar-refractivity contribution >= 4 is 45.8 Å². The lowest BCUT2D eigenvalue weighted by Crippen LogP contribution is -2.32. The quantitative estimate of drug-likeness (QED) is 0.279. The van der Waals surface area contributed by atoms with Gasteiger partial charge in [-0.1, -0.05) is 74.3 Å². The molecule has 1 amide bonds. The van der Waals surface area contributed by atoms with Crippen molar-refractivity contribution in [3.63, 3.8) is 0 Å². The van der Waals surface area contributed by atoms with Crippen molar-refractivity contribution in [2.45, 2.75) is 53.1 Å². The van der Waals surface area contributed by atoms with Gasteiger partial charge in [-0.2, -0.15) is 0 Å². The number of rotatable bonds is 5. The Morgan fingerprint density at radius 3 is 2.30 bits per heavy atom. The van der Waals surface area contributed by atoms with E-state index in [1.165, 1.54) is 0 Å². The Labute approximate surface area is 226 Å². The van der Waals surface area contributed by atoms with Gasteiger partial charge in [0, 0.05) is 21.3 Å². The summed E-state index contributed by atoms with van der Waals surface area (Å²) in [7, 11) is 0. The van der Waals surface area contributed by atoms with E-state index < -0.39 is 17.4 Å². The molecule has 1 unspecified atom stereocenters. The molecule has 0 bridgehead atoms. The molecule has 5 nitrogen and oxygen atoms in total. The molecule has 0 aliphatic rings. The first-order valence-electron chi connectivity index (χ1n) is 12.0. The van der Waals surface area contributed by atoms with Crippen LogP contribution in [0.25, 0.3) is 22.3 Å². The van der Waals surface area contributed by atoms with Crippen molar-refractivity contribution in [1.29, 1.82) is 0 Å². The van der Waals surface area contributed by atoms with Crippen LogP contribution >= 0.6 is 23.2 Å². The van der Waals surface area contributed by atoms with Crippen LogP contribution in [-0.4, -0.2) is 12.0 Å². The normalized spacial score (nSPS) is 12.4. The maximum absolute atomic E-state index is 13.6. The maximum atomic E-state index is 13.6. The molecule has 0 saturated carbocycles. The standard InChI is InChI=1S/C30H29Cl2NO4/c1-16-7-12-21(31)14-24(16)33-29(35)18(3)36-28-26(34)22-15-23(32)17(2)13-25(22)37-27(28)19-8-10-20(11-9-19)30(4,5)6/h7-15,18H,1-6H3,(H,33,35). The number of fused-ring (bicyclic) bond motifs is 1. The molecule has 0 spiro atoms. The predicted octanol–water partition coefficient (Wildman–Crippen LogP) is 8.09. The van der Waals surface area contributed by atoms with Gasteiger partial charge >= 0.3 is 0 Å². The summed E-state index contributed by atoms with van der Waals surface area (Å²) < 4.78 is 12.2. The topological polar surface area (TPSA) is 68.5 Å². The fourth-order valence-corrected chi connectivity index (χ4v) is 4.25. The summed E-state index contributed by atoms with van der Waals surface area (Å²) in [6.45, 7) is 11.7. The third-order valence-corrected chi connectivity index (χ3v) is 6.91. The maximum Gasteiger partial charge on any atom is 0.265 e. The highest BCUT2D eigenvalue weighted by Gasteiger charge is 2.24. The lowest BCUT2D eigenvalue weighted by Gasteiger charge is -2.20. The highest BCUT2D eigenvalue weighted by Crippen LogP contribution is 2.34. The molecule has 37 heavy (non-hydrogen) atoms. The van der Waals surface area contributed by atoms with Crippen molar-refractivity contribution in [3.05, 3.63) is 91.6 Å². The van der Waals surface area contributed by atoms with Gasteiger partial charge in [-0.05, 0) is 67.1 Å². The molecule has 1 heterocycles. The van der Waals surface area contributed by atoms with Gasteiger partial charge in [-0.25, -0.2) is 0 Å². The lowest BCUT2D eigenvalue weighted by molar-refractivity contribution is -0.122. The number of halogens is 2. The molecule has 0 saturated heterocycles. The summed E-state index contributed by atoms with van der Waals surface area (Å²) in [6.07, 6.45) is -1.01. The minimum Gasteiger partial charge on any atom is -0.473 e. The van der Waals surface area contributed by atoms with E-state index in [4.69, 9.17) is 32.4 Å². The summed E-state index contributed by atoms with van der Waals surface area (Å²) in [5, 5.41) is 4.04. The van der Waals surface area contributed by atoms with E-state index in [9.17, 15) is 9.59 Å². The van der Waals surface area contributed by atoms with Crippen molar-refractivity contribution in [3.8, 4) is 17.1 Å². The highest BCUT2D eigenvalue weighted by molar-refractivity contribution is 6.32. The smallest absolute Gasteiger partial charge is 0.265 e. The second-order valence-corrected chi connectivity index (χ2v) is 11.1. The molecule has 4 rings (SSSR count). The molecule has 4 aromatic rings. The monoisotopic (exact) mass is 537 g/mol. The second-order valence-electron chi connectivity index (χ2n) is 10.2. The molecule has 192 valence electrons. The Bertz CT molecular complexity index is 1550. The van der Waals surface area contributed by atoms with Crippen LogP contribution in [0.1, 0.15) is 44.4 Å². The summed E-state index contributed by atoms with van der Waals surface area (Å²) >= 11 is 12.4. The second kappa shape index (κ2) is 10.2. The number of hydrogen-bond acceptors (Lipinski definition) is 4. The molecule has 0 radical (unpaired) electrons. The van der Waals surface area contributed by atoms with E-state index in [0.717, 1.165) is 16.7 Å². The molecule has 0 aliphatic carbocycles. The van der Waals surface area contributed by atoms with Crippen LogP contribution in [0.5, 0.6) is 5.75 Å². The molecule has 0 fully saturated rings. The third-order valence-electron chi connectivity index (χ3n) is 6.26. The summed E-state index contributed by atoms with van der Waals surface area (Å²) in [6, 6.07) is 16.3. The Balaban J connectivity index is 1.78. The van der Waals surface area contributed by atoms with Gasteiger partial charge in [0.25, 0.3) is 5.91 Å². The number of ether oxygens (including phenoxy) is 1. The zero-order chi connectivity index (χ0) is 27.1. The summed E-state index contributed by atoms with van der Waals surface area (Å²) in [5.74, 6) is -0.236. The van der Waals surface area contributed by atoms with Gasteiger partial charge in [-0.3, -0.25) is 9.59 Å². The zero-order valence-electron chi connectivity index (χ0n) is 21.7. The average molecular weight is 538 g/mol. The zero-order valence-corrected chi connectivity index (χ0v) is 23.2. The van der Waals surface area contributed by atoms with E-state index in [0.29, 0.717) is 26.9 Å². The number of hydrogen-bond donors (Lipinski definition) is 1. The number of nitrogens with one attached hydrogen (secondary N) is 1. The predicted molar refractivity (Wildman–Crippen MR) is 151 cm³/mol. The van der Waals surface area contributed by atoms with E-state index in [1.807, 2.05) is 44.2 Å². The highest BCUT2D eigenvalue weighted by atomic mass is 35.5. The van der Waals surface area contributed by atoms with Gasteiger partial charge in [0.15, 0.2) is 11.9 Å². The first-order chi connectivity index (χ1) is 17.3. The Hall–Kier alpha value is -3.28. The number of amides is 1. The SMILES string of the molecule is Cc1cc2oc(-c3ccc(C(C)(C)C)cc3)c(OC(C)C(=O)Nc3cc(Cl)ccc3C)c(=O)c2cc1Cl. The molecular weight excluding hydrogens is 509 g/mol. The van der Waals surface area contributed by atoms with E-state index in [1.54, 1.807) is 31.2 Å². The van der Waals surface area contributed by atoms with Crippen LogP contribution < -0.4 is 15.5 Å². The minimum atomic E-state index is -1.01. The van der Waals surface area contributed by atoms with Gasteiger partial charge in [0.1, 0.15) is 5.58 Å². The van der Waals surface area contributed by atoms with Crippen LogP contribution in [0.4, 0.5) is 5.69 Å². The van der Waals surface area contributed by atoms with Crippen LogP contribution in [0.2, 0.25) is 10.0 Å². The molecule has 0 aliphatic heterocycles. The molecular formula is C30H29Cl2NO4. The molecule has 1 aromatic heterocycles. The van der Waals surface area contributed by atoms with E-state index in [-0.39, 0.29) is 22.3 Å². The fourth-order valence-electron chi connectivity index (χ4n) is 3.91.